The van der Waals surface area contributed by atoms with Crippen molar-refractivity contribution < 1.29 is 14.0 Å². The normalized spacial score (nSPS) is 11.2. The maximum atomic E-state index is 11.5. The SMILES string of the molecule is CON(C)C(=O)/C=C/c1cccc2ccoc12. The number of carbonyl (C=O) groups excluding carboxylic acids is 1. The third-order valence-electron chi connectivity index (χ3n) is 2.50. The van der Waals surface area contributed by atoms with Crippen LogP contribution in [0.3, 0.4) is 0 Å². The van der Waals surface area contributed by atoms with Gasteiger partial charge < -0.3 is 4.42 Å². The van der Waals surface area contributed by atoms with Crippen molar-refractivity contribution in [1.29, 1.82) is 0 Å². The van der Waals surface area contributed by atoms with Crippen molar-refractivity contribution in [2.45, 2.75) is 0 Å². The molecule has 0 fully saturated rings. The summed E-state index contributed by atoms with van der Waals surface area (Å²) in [5.41, 5.74) is 1.64. The molecule has 1 heterocycles. The molecule has 4 heteroatoms. The molecule has 17 heavy (non-hydrogen) atoms. The van der Waals surface area contributed by atoms with E-state index < -0.39 is 0 Å². The number of para-hydroxylation sites is 1. The van der Waals surface area contributed by atoms with E-state index in [1.165, 1.54) is 13.2 Å². The van der Waals surface area contributed by atoms with Gasteiger partial charge in [-0.3, -0.25) is 9.63 Å². The number of fused-ring (bicyclic) bond motifs is 1. The van der Waals surface area contributed by atoms with E-state index in [9.17, 15) is 4.79 Å². The Morgan fingerprint density at radius 2 is 2.24 bits per heavy atom. The Morgan fingerprint density at radius 3 is 3.00 bits per heavy atom. The lowest BCUT2D eigenvalue weighted by Crippen LogP contribution is -2.22. The van der Waals surface area contributed by atoms with Gasteiger partial charge in [-0.25, -0.2) is 5.06 Å². The summed E-state index contributed by atoms with van der Waals surface area (Å²) < 4.78 is 5.36. The lowest BCUT2D eigenvalue weighted by molar-refractivity contribution is -0.162. The number of hydroxylamine groups is 2. The zero-order valence-corrected chi connectivity index (χ0v) is 9.71. The number of hydrogen-bond donors (Lipinski definition) is 0. The lowest BCUT2D eigenvalue weighted by atomic mass is 10.1. The molecule has 2 rings (SSSR count). The van der Waals surface area contributed by atoms with E-state index in [2.05, 4.69) is 0 Å². The molecule has 0 spiro atoms. The van der Waals surface area contributed by atoms with Crippen molar-refractivity contribution in [2.24, 2.45) is 0 Å². The van der Waals surface area contributed by atoms with E-state index >= 15 is 0 Å². The second-order valence-electron chi connectivity index (χ2n) is 3.54. The Hall–Kier alpha value is -2.07. The molecule has 4 nitrogen and oxygen atoms in total. The second-order valence-corrected chi connectivity index (χ2v) is 3.54. The topological polar surface area (TPSA) is 42.7 Å². The van der Waals surface area contributed by atoms with Gasteiger partial charge in [-0.05, 0) is 12.1 Å². The van der Waals surface area contributed by atoms with Crippen LogP contribution in [0, 0.1) is 0 Å². The Balaban J connectivity index is 2.26. The number of rotatable bonds is 3. The minimum absolute atomic E-state index is 0.226. The van der Waals surface area contributed by atoms with Gasteiger partial charge in [-0.2, -0.15) is 0 Å². The highest BCUT2D eigenvalue weighted by Crippen LogP contribution is 2.20. The molecule has 0 N–H and O–H groups in total. The smallest absolute Gasteiger partial charge is 0.269 e. The Morgan fingerprint density at radius 1 is 1.41 bits per heavy atom. The Labute approximate surface area is 99.0 Å². The van der Waals surface area contributed by atoms with Gasteiger partial charge in [0.15, 0.2) is 0 Å². The summed E-state index contributed by atoms with van der Waals surface area (Å²) in [7, 11) is 3.00. The van der Waals surface area contributed by atoms with Crippen LogP contribution in [0.5, 0.6) is 0 Å². The number of benzene rings is 1. The van der Waals surface area contributed by atoms with E-state index in [0.717, 1.165) is 21.6 Å². The van der Waals surface area contributed by atoms with Crippen LogP contribution in [0.15, 0.2) is 41.0 Å². The van der Waals surface area contributed by atoms with Gasteiger partial charge in [0, 0.05) is 24.1 Å². The second kappa shape index (κ2) is 4.84. The molecule has 0 saturated carbocycles. The number of amides is 1. The van der Waals surface area contributed by atoms with Gasteiger partial charge in [0.25, 0.3) is 5.91 Å². The summed E-state index contributed by atoms with van der Waals surface area (Å²) in [6.45, 7) is 0. The first-order chi connectivity index (χ1) is 8.22. The summed E-state index contributed by atoms with van der Waals surface area (Å²) >= 11 is 0. The van der Waals surface area contributed by atoms with Gasteiger partial charge in [0.2, 0.25) is 0 Å². The highest BCUT2D eigenvalue weighted by Gasteiger charge is 2.04. The predicted molar refractivity (Wildman–Crippen MR) is 65.0 cm³/mol. The molecule has 1 amide bonds. The largest absolute Gasteiger partial charge is 0.464 e. The monoisotopic (exact) mass is 231 g/mol. The molecule has 0 unspecified atom stereocenters. The van der Waals surface area contributed by atoms with Crippen LogP contribution in [0.1, 0.15) is 5.56 Å². The van der Waals surface area contributed by atoms with Crippen LogP contribution in [0.2, 0.25) is 0 Å². The molecule has 0 atom stereocenters. The Bertz CT molecular complexity index is 557. The van der Waals surface area contributed by atoms with Crippen LogP contribution >= 0.6 is 0 Å². The maximum Gasteiger partial charge on any atom is 0.269 e. The van der Waals surface area contributed by atoms with Gasteiger partial charge >= 0.3 is 0 Å². The van der Waals surface area contributed by atoms with Crippen molar-refractivity contribution in [3.05, 3.63) is 42.2 Å². The molecule has 1 aromatic carbocycles. The average Bonchev–Trinajstić information content (AvgIpc) is 2.83. The molecule has 0 radical (unpaired) electrons. The van der Waals surface area contributed by atoms with Gasteiger partial charge in [-0.15, -0.1) is 0 Å². The molecule has 1 aromatic heterocycles. The number of furan rings is 1. The molecule has 0 bridgehead atoms. The fourth-order valence-corrected chi connectivity index (χ4v) is 1.50. The minimum atomic E-state index is -0.226. The van der Waals surface area contributed by atoms with E-state index in [4.69, 9.17) is 9.25 Å². The first-order valence-corrected chi connectivity index (χ1v) is 5.18. The fraction of sp³-hybridized carbons (Fsp3) is 0.154. The third kappa shape index (κ3) is 2.37. The number of hydrogen-bond acceptors (Lipinski definition) is 3. The average molecular weight is 231 g/mol. The van der Waals surface area contributed by atoms with Crippen molar-refractivity contribution in [2.75, 3.05) is 14.2 Å². The van der Waals surface area contributed by atoms with Gasteiger partial charge in [0.1, 0.15) is 5.58 Å². The van der Waals surface area contributed by atoms with Crippen molar-refractivity contribution in [3.63, 3.8) is 0 Å². The zero-order valence-electron chi connectivity index (χ0n) is 9.71. The molecule has 0 aliphatic rings. The zero-order chi connectivity index (χ0) is 12.3. The number of nitrogens with zero attached hydrogens (tertiary/aromatic N) is 1. The van der Waals surface area contributed by atoms with E-state index in [-0.39, 0.29) is 5.91 Å². The molecular weight excluding hydrogens is 218 g/mol. The van der Waals surface area contributed by atoms with Gasteiger partial charge in [-0.1, -0.05) is 18.2 Å². The van der Waals surface area contributed by atoms with Crippen LogP contribution in [-0.2, 0) is 9.63 Å². The van der Waals surface area contributed by atoms with Crippen LogP contribution < -0.4 is 0 Å². The standard InChI is InChI=1S/C13H13NO3/c1-14(16-2)12(15)7-6-10-4-3-5-11-8-9-17-13(10)11/h3-9H,1-2H3/b7-6+. The molecule has 2 aromatic rings. The summed E-state index contributed by atoms with van der Waals surface area (Å²) in [6.07, 6.45) is 4.79. The molecule has 0 saturated heterocycles. The van der Waals surface area contributed by atoms with Gasteiger partial charge in [0.05, 0.1) is 13.4 Å². The summed E-state index contributed by atoms with van der Waals surface area (Å²) in [5, 5.41) is 2.17. The highest BCUT2D eigenvalue weighted by molar-refractivity contribution is 5.94. The molecule has 0 aliphatic heterocycles. The number of likely N-dealkylation sites (N-methyl/N-ethyl adjacent to an activating group) is 1. The Kier molecular flexibility index (Phi) is 3.25. The third-order valence-corrected chi connectivity index (χ3v) is 2.50. The number of carbonyl (C=O) groups is 1. The maximum absolute atomic E-state index is 11.5. The summed E-state index contributed by atoms with van der Waals surface area (Å²) in [6, 6.07) is 7.65. The first kappa shape index (κ1) is 11.4. The van der Waals surface area contributed by atoms with Crippen molar-refractivity contribution in [3.8, 4) is 0 Å². The van der Waals surface area contributed by atoms with Crippen LogP contribution in [-0.4, -0.2) is 25.1 Å². The van der Waals surface area contributed by atoms with Crippen LogP contribution in [0.4, 0.5) is 0 Å². The van der Waals surface area contributed by atoms with Crippen molar-refractivity contribution >= 4 is 23.0 Å². The predicted octanol–water partition coefficient (Wildman–Crippen LogP) is 2.47. The fourth-order valence-electron chi connectivity index (χ4n) is 1.50. The molecule has 88 valence electrons. The van der Waals surface area contributed by atoms with Crippen molar-refractivity contribution in [1.82, 2.24) is 5.06 Å². The highest BCUT2D eigenvalue weighted by atomic mass is 16.7. The quantitative estimate of drug-likeness (QED) is 0.602. The van der Waals surface area contributed by atoms with E-state index in [0.29, 0.717) is 0 Å². The molecular formula is C13H13NO3. The summed E-state index contributed by atoms with van der Waals surface area (Å²) in [4.78, 5) is 16.3. The molecule has 0 aliphatic carbocycles. The minimum Gasteiger partial charge on any atom is -0.464 e. The summed E-state index contributed by atoms with van der Waals surface area (Å²) in [5.74, 6) is -0.226. The first-order valence-electron chi connectivity index (χ1n) is 5.18. The lowest BCUT2D eigenvalue weighted by Gasteiger charge is -2.09. The van der Waals surface area contributed by atoms with E-state index in [1.54, 1.807) is 19.4 Å². The van der Waals surface area contributed by atoms with E-state index in [1.807, 2.05) is 24.3 Å². The van der Waals surface area contributed by atoms with Crippen LogP contribution in [0.25, 0.3) is 17.0 Å².